The van der Waals surface area contributed by atoms with Crippen LogP contribution >= 0.6 is 0 Å². The molecule has 0 unspecified atom stereocenters. The number of carbonyl (C=O) groups excluding carboxylic acids is 2. The van der Waals surface area contributed by atoms with Gasteiger partial charge in [-0.3, -0.25) is 0 Å². The van der Waals surface area contributed by atoms with Gasteiger partial charge in [0.25, 0.3) is 0 Å². The number of esters is 2. The van der Waals surface area contributed by atoms with Crippen molar-refractivity contribution < 1.29 is 38.9 Å². The van der Waals surface area contributed by atoms with Crippen molar-refractivity contribution in [3.63, 3.8) is 0 Å². The number of aromatic carboxylic acids is 2. The first-order valence-electron chi connectivity index (χ1n) is 12.4. The molecule has 0 saturated carbocycles. The molecule has 0 heterocycles. The zero-order chi connectivity index (χ0) is 28.8. The molecule has 0 amide bonds. The molecule has 0 radical (unpaired) electrons. The van der Waals surface area contributed by atoms with Crippen molar-refractivity contribution in [3.05, 3.63) is 130 Å². The number of benzene rings is 4. The summed E-state index contributed by atoms with van der Waals surface area (Å²) in [4.78, 5) is 51.5. The summed E-state index contributed by atoms with van der Waals surface area (Å²) in [6.45, 7) is 3.32. The van der Waals surface area contributed by atoms with Crippen molar-refractivity contribution in [2.24, 2.45) is 0 Å². The molecule has 0 aliphatic heterocycles. The Hall–Kier alpha value is -5.24. The average Bonchev–Trinajstić information content (AvgIpc) is 2.97. The van der Waals surface area contributed by atoms with Crippen molar-refractivity contribution in [3.8, 4) is 11.1 Å². The van der Waals surface area contributed by atoms with Crippen LogP contribution in [0.4, 0.5) is 0 Å². The lowest BCUT2D eigenvalue weighted by atomic mass is 9.87. The van der Waals surface area contributed by atoms with Crippen molar-refractivity contribution >= 4 is 23.9 Å². The van der Waals surface area contributed by atoms with Gasteiger partial charge in [0, 0.05) is 11.1 Å². The zero-order valence-electron chi connectivity index (χ0n) is 21.7. The minimum absolute atomic E-state index is 0.207. The maximum Gasteiger partial charge on any atom is 0.339 e. The molecule has 0 spiro atoms. The molecule has 4 aromatic rings. The first-order valence-corrected chi connectivity index (χ1v) is 12.4. The van der Waals surface area contributed by atoms with Gasteiger partial charge >= 0.3 is 23.9 Å². The average molecular weight is 539 g/mol. The van der Waals surface area contributed by atoms with E-state index in [-0.39, 0.29) is 33.4 Å². The predicted molar refractivity (Wildman–Crippen MR) is 146 cm³/mol. The first-order chi connectivity index (χ1) is 19.2. The van der Waals surface area contributed by atoms with Gasteiger partial charge in [0.15, 0.2) is 0 Å². The SMILES string of the molecule is C[C@H](OC(=O)c1cccc(C(=O)O)c1-c1c(C(=O)O)cccc1C(=O)O[C@@H](C)c1ccccc1)c1ccccc1. The quantitative estimate of drug-likeness (QED) is 0.229. The topological polar surface area (TPSA) is 127 Å². The van der Waals surface area contributed by atoms with E-state index in [1.54, 1.807) is 62.4 Å². The Labute approximate surface area is 230 Å². The largest absolute Gasteiger partial charge is 0.478 e. The highest BCUT2D eigenvalue weighted by atomic mass is 16.5. The summed E-state index contributed by atoms with van der Waals surface area (Å²) in [5.41, 5.74) is -0.256. The molecule has 0 aromatic heterocycles. The minimum Gasteiger partial charge on any atom is -0.478 e. The molecule has 0 saturated heterocycles. The molecule has 0 fully saturated rings. The number of carbonyl (C=O) groups is 4. The molecule has 2 atom stereocenters. The Morgan fingerprint density at radius 3 is 1.15 bits per heavy atom. The van der Waals surface area contributed by atoms with Crippen LogP contribution in [0.2, 0.25) is 0 Å². The van der Waals surface area contributed by atoms with Crippen molar-refractivity contribution in [2.45, 2.75) is 26.1 Å². The van der Waals surface area contributed by atoms with Gasteiger partial charge in [-0.05, 0) is 49.2 Å². The molecule has 0 aliphatic rings. The van der Waals surface area contributed by atoms with E-state index in [9.17, 15) is 29.4 Å². The number of carboxylic acids is 2. The fraction of sp³-hybridized carbons (Fsp3) is 0.125. The normalized spacial score (nSPS) is 12.2. The van der Waals surface area contributed by atoms with Gasteiger partial charge in [-0.25, -0.2) is 19.2 Å². The summed E-state index contributed by atoms with van der Waals surface area (Å²) in [5.74, 6) is -4.60. The summed E-state index contributed by atoms with van der Waals surface area (Å²) < 4.78 is 11.3. The molecule has 0 bridgehead atoms. The van der Waals surface area contributed by atoms with E-state index >= 15 is 0 Å². The summed E-state index contributed by atoms with van der Waals surface area (Å²) in [7, 11) is 0. The standard InChI is InChI=1S/C32H26O8/c1-19(21-11-5-3-6-12-21)39-31(37)25-17-9-15-23(29(33)34)27(25)28-24(30(35)36)16-10-18-26(28)32(38)40-20(2)22-13-7-4-8-14-22/h3-20H,1-2H3,(H,33,34)(H,35,36)/t19-,20-/m0/s1. The highest BCUT2D eigenvalue weighted by Gasteiger charge is 2.30. The lowest BCUT2D eigenvalue weighted by molar-refractivity contribution is 0.0326. The molecule has 40 heavy (non-hydrogen) atoms. The number of hydrogen-bond donors (Lipinski definition) is 2. The van der Waals surface area contributed by atoms with E-state index in [4.69, 9.17) is 9.47 Å². The van der Waals surface area contributed by atoms with Crippen LogP contribution in [0.15, 0.2) is 97.1 Å². The molecular weight excluding hydrogens is 512 g/mol. The maximum absolute atomic E-state index is 13.4. The molecule has 4 aromatic carbocycles. The van der Waals surface area contributed by atoms with Crippen LogP contribution < -0.4 is 0 Å². The molecule has 2 N–H and O–H groups in total. The van der Waals surface area contributed by atoms with Crippen LogP contribution in [-0.2, 0) is 9.47 Å². The van der Waals surface area contributed by atoms with Crippen molar-refractivity contribution in [2.75, 3.05) is 0 Å². The highest BCUT2D eigenvalue weighted by molar-refractivity contribution is 6.13. The predicted octanol–water partition coefficient (Wildman–Crippen LogP) is 6.59. The molecular formula is C32H26O8. The third-order valence-electron chi connectivity index (χ3n) is 6.39. The van der Waals surface area contributed by atoms with Crippen LogP contribution in [0.3, 0.4) is 0 Å². The number of carboxylic acid groups (broad SMARTS) is 2. The second kappa shape index (κ2) is 12.1. The minimum atomic E-state index is -1.42. The van der Waals surface area contributed by atoms with E-state index < -0.39 is 36.1 Å². The Bertz CT molecular complexity index is 1440. The van der Waals surface area contributed by atoms with Gasteiger partial charge in [0.2, 0.25) is 0 Å². The Kier molecular flexibility index (Phi) is 8.39. The lowest BCUT2D eigenvalue weighted by Crippen LogP contribution is -2.17. The smallest absolute Gasteiger partial charge is 0.339 e. The molecule has 8 nitrogen and oxygen atoms in total. The summed E-state index contributed by atoms with van der Waals surface area (Å²) >= 11 is 0. The van der Waals surface area contributed by atoms with E-state index in [2.05, 4.69) is 0 Å². The van der Waals surface area contributed by atoms with E-state index in [0.717, 1.165) is 0 Å². The summed E-state index contributed by atoms with van der Waals surface area (Å²) in [6.07, 6.45) is -1.39. The van der Waals surface area contributed by atoms with Gasteiger partial charge in [0.1, 0.15) is 12.2 Å². The second-order valence-corrected chi connectivity index (χ2v) is 8.98. The lowest BCUT2D eigenvalue weighted by Gasteiger charge is -2.20. The number of hydrogen-bond acceptors (Lipinski definition) is 6. The van der Waals surface area contributed by atoms with Crippen LogP contribution in [0.25, 0.3) is 11.1 Å². The summed E-state index contributed by atoms with van der Waals surface area (Å²) in [5, 5.41) is 20.1. The zero-order valence-corrected chi connectivity index (χ0v) is 21.7. The maximum atomic E-state index is 13.4. The van der Waals surface area contributed by atoms with E-state index in [1.165, 1.54) is 36.4 Å². The van der Waals surface area contributed by atoms with Gasteiger partial charge in [-0.2, -0.15) is 0 Å². The van der Waals surface area contributed by atoms with Gasteiger partial charge in [-0.15, -0.1) is 0 Å². The van der Waals surface area contributed by atoms with Crippen molar-refractivity contribution in [1.82, 2.24) is 0 Å². The van der Waals surface area contributed by atoms with Crippen LogP contribution in [-0.4, -0.2) is 34.1 Å². The number of ether oxygens (including phenoxy) is 2. The molecule has 202 valence electrons. The highest BCUT2D eigenvalue weighted by Crippen LogP contribution is 2.36. The van der Waals surface area contributed by atoms with Crippen molar-refractivity contribution in [1.29, 1.82) is 0 Å². The van der Waals surface area contributed by atoms with E-state index in [0.29, 0.717) is 11.1 Å². The monoisotopic (exact) mass is 538 g/mol. The van der Waals surface area contributed by atoms with Gasteiger partial charge in [0.05, 0.1) is 22.3 Å². The van der Waals surface area contributed by atoms with Gasteiger partial charge < -0.3 is 19.7 Å². The Morgan fingerprint density at radius 2 is 0.825 bits per heavy atom. The van der Waals surface area contributed by atoms with Crippen LogP contribution in [0.1, 0.15) is 78.6 Å². The Balaban J connectivity index is 1.85. The molecule has 0 aliphatic carbocycles. The van der Waals surface area contributed by atoms with Crippen LogP contribution in [0, 0.1) is 0 Å². The van der Waals surface area contributed by atoms with E-state index in [1.807, 2.05) is 12.1 Å². The second-order valence-electron chi connectivity index (χ2n) is 8.98. The fourth-order valence-electron chi connectivity index (χ4n) is 4.37. The first kappa shape index (κ1) is 27.8. The van der Waals surface area contributed by atoms with Crippen LogP contribution in [0.5, 0.6) is 0 Å². The third kappa shape index (κ3) is 5.91. The summed E-state index contributed by atoms with van der Waals surface area (Å²) in [6, 6.07) is 25.7. The third-order valence-corrected chi connectivity index (χ3v) is 6.39. The molecule has 8 heteroatoms. The molecule has 4 rings (SSSR count). The fourth-order valence-corrected chi connectivity index (χ4v) is 4.37. The Morgan fingerprint density at radius 1 is 0.500 bits per heavy atom. The van der Waals surface area contributed by atoms with Gasteiger partial charge in [-0.1, -0.05) is 72.8 Å². The number of rotatable bonds is 9.